The van der Waals surface area contributed by atoms with E-state index in [0.29, 0.717) is 11.6 Å². The molecule has 8 nitrogen and oxygen atoms in total. The average molecular weight is 481 g/mol. The van der Waals surface area contributed by atoms with Crippen LogP contribution in [0.5, 0.6) is 0 Å². The van der Waals surface area contributed by atoms with Crippen molar-refractivity contribution in [2.24, 2.45) is 0 Å². The number of anilines is 1. The van der Waals surface area contributed by atoms with E-state index >= 15 is 0 Å². The van der Waals surface area contributed by atoms with Gasteiger partial charge in [-0.25, -0.2) is 19.6 Å². The molecule has 0 saturated heterocycles. The van der Waals surface area contributed by atoms with Gasteiger partial charge in [0.05, 0.1) is 24.3 Å². The third-order valence-electron chi connectivity index (χ3n) is 6.24. The van der Waals surface area contributed by atoms with Gasteiger partial charge in [0, 0.05) is 28.9 Å². The lowest BCUT2D eigenvalue weighted by atomic mass is 10.1. The predicted octanol–water partition coefficient (Wildman–Crippen LogP) is 6.09. The minimum absolute atomic E-state index is 0.144. The van der Waals surface area contributed by atoms with Gasteiger partial charge in [-0.15, -0.1) is 0 Å². The summed E-state index contributed by atoms with van der Waals surface area (Å²) in [7, 11) is 0. The fraction of sp³-hybridized carbons (Fsp3) is 0.286. The van der Waals surface area contributed by atoms with E-state index in [1.807, 2.05) is 70.3 Å². The number of hydrogen-bond acceptors (Lipinski definition) is 5. The Morgan fingerprint density at radius 2 is 2.03 bits per heavy atom. The molecule has 0 spiro atoms. The lowest BCUT2D eigenvalue weighted by Gasteiger charge is -2.26. The number of H-pyrrole nitrogens is 1. The Morgan fingerprint density at radius 3 is 2.81 bits per heavy atom. The second-order valence-corrected chi connectivity index (χ2v) is 10.0. The Bertz CT molecular complexity index is 1490. The number of aromatic amines is 1. The molecular weight excluding hydrogens is 452 g/mol. The van der Waals surface area contributed by atoms with Crippen molar-refractivity contribution in [1.29, 1.82) is 0 Å². The van der Waals surface area contributed by atoms with Crippen molar-refractivity contribution in [3.8, 4) is 11.3 Å². The normalized spacial score (nSPS) is 16.9. The van der Waals surface area contributed by atoms with Gasteiger partial charge in [0.15, 0.2) is 5.69 Å². The number of ether oxygens (including phenoxy) is 1. The number of hydrogen-bond donors (Lipinski definition) is 3. The molecule has 0 radical (unpaired) electrons. The largest absolute Gasteiger partial charge is 0.444 e. The first kappa shape index (κ1) is 23.4. The zero-order valence-corrected chi connectivity index (χ0v) is 20.7. The van der Waals surface area contributed by atoms with Gasteiger partial charge in [0.2, 0.25) is 5.95 Å². The van der Waals surface area contributed by atoms with Gasteiger partial charge in [0.25, 0.3) is 0 Å². The number of aryl methyl sites for hydroxylation is 1. The van der Waals surface area contributed by atoms with Crippen LogP contribution in [-0.4, -0.2) is 32.7 Å². The van der Waals surface area contributed by atoms with Crippen molar-refractivity contribution in [2.75, 3.05) is 5.32 Å². The zero-order valence-electron chi connectivity index (χ0n) is 20.7. The second kappa shape index (κ2) is 9.00. The number of nitrogens with one attached hydrogen (secondary N) is 3. The van der Waals surface area contributed by atoms with E-state index in [1.54, 1.807) is 6.20 Å². The molecule has 1 amide bonds. The van der Waals surface area contributed by atoms with Crippen LogP contribution < -0.4 is 10.6 Å². The third-order valence-corrected chi connectivity index (χ3v) is 6.24. The van der Waals surface area contributed by atoms with Gasteiger partial charge in [-0.1, -0.05) is 36.4 Å². The van der Waals surface area contributed by atoms with Gasteiger partial charge in [0.1, 0.15) is 5.60 Å². The molecule has 1 aliphatic carbocycles. The van der Waals surface area contributed by atoms with E-state index in [9.17, 15) is 4.79 Å². The summed E-state index contributed by atoms with van der Waals surface area (Å²) in [6, 6.07) is 13.2. The number of rotatable bonds is 4. The number of fused-ring (bicyclic) bond motifs is 2. The van der Waals surface area contributed by atoms with E-state index in [-0.39, 0.29) is 12.1 Å². The molecule has 4 aromatic rings. The number of amides is 1. The molecule has 0 bridgehead atoms. The molecule has 1 aliphatic rings. The maximum absolute atomic E-state index is 12.6. The zero-order chi connectivity index (χ0) is 25.4. The number of carbonyl (C=O) groups is 1. The van der Waals surface area contributed by atoms with Crippen LogP contribution in [0.4, 0.5) is 16.4 Å². The van der Waals surface area contributed by atoms with Crippen LogP contribution in [-0.2, 0) is 11.2 Å². The smallest absolute Gasteiger partial charge is 0.408 e. The van der Waals surface area contributed by atoms with E-state index in [1.165, 1.54) is 0 Å². The molecule has 0 saturated carbocycles. The van der Waals surface area contributed by atoms with Gasteiger partial charge in [-0.2, -0.15) is 0 Å². The highest BCUT2D eigenvalue weighted by Crippen LogP contribution is 2.35. The Morgan fingerprint density at radius 1 is 1.22 bits per heavy atom. The molecule has 2 heterocycles. The van der Waals surface area contributed by atoms with E-state index in [4.69, 9.17) is 16.3 Å². The summed E-state index contributed by atoms with van der Waals surface area (Å²) in [6.45, 7) is 14.8. The number of nitrogens with zero attached hydrogens (tertiary/aromatic N) is 3. The van der Waals surface area contributed by atoms with E-state index in [2.05, 4.69) is 31.5 Å². The predicted molar refractivity (Wildman–Crippen MR) is 140 cm³/mol. The van der Waals surface area contributed by atoms with Crippen molar-refractivity contribution in [3.05, 3.63) is 83.0 Å². The Labute approximate surface area is 209 Å². The minimum Gasteiger partial charge on any atom is -0.444 e. The fourth-order valence-corrected chi connectivity index (χ4v) is 4.67. The summed E-state index contributed by atoms with van der Waals surface area (Å²) in [5.74, 6) is 0.483. The first-order valence-electron chi connectivity index (χ1n) is 11.9. The Balaban J connectivity index is 1.44. The molecule has 0 aliphatic heterocycles. The summed E-state index contributed by atoms with van der Waals surface area (Å²) in [6.07, 6.45) is 3.97. The Hall–Kier alpha value is -4.38. The lowest BCUT2D eigenvalue weighted by Crippen LogP contribution is -2.40. The molecule has 8 heteroatoms. The minimum atomic E-state index is -0.588. The quantitative estimate of drug-likeness (QED) is 0.307. The summed E-state index contributed by atoms with van der Waals surface area (Å²) >= 11 is 0. The van der Waals surface area contributed by atoms with E-state index < -0.39 is 11.7 Å². The highest BCUT2D eigenvalue weighted by molar-refractivity contribution is 5.96. The highest BCUT2D eigenvalue weighted by atomic mass is 16.6. The molecule has 182 valence electrons. The van der Waals surface area contributed by atoms with Crippen LogP contribution in [0.25, 0.3) is 27.0 Å². The summed E-state index contributed by atoms with van der Waals surface area (Å²) in [5.41, 5.74) is 5.80. The van der Waals surface area contributed by atoms with Crippen LogP contribution in [0.2, 0.25) is 0 Å². The van der Waals surface area contributed by atoms with E-state index in [0.717, 1.165) is 45.3 Å². The number of carbonyl (C=O) groups excluding carboxylic acids is 1. The maximum Gasteiger partial charge on any atom is 0.408 e. The maximum atomic E-state index is 12.6. The van der Waals surface area contributed by atoms with Crippen LogP contribution in [0, 0.1) is 13.5 Å². The number of alkyl carbamates (subject to hydrolysis) is 1. The molecular formula is C28H28N6O2. The molecule has 0 unspecified atom stereocenters. The van der Waals surface area contributed by atoms with Gasteiger partial charge in [-0.3, -0.25) is 0 Å². The topological polar surface area (TPSA) is 96.3 Å². The number of benzene rings is 2. The SMILES string of the molecule is [C-]#[N+]c1ccc2c(-c3nc(N[C@H]4Cc5ccccc5[C@@H]4NC(=O)OC(C)(C)C)ncc3C)c[nH]c2c1. The summed E-state index contributed by atoms with van der Waals surface area (Å²) < 4.78 is 5.52. The van der Waals surface area contributed by atoms with Crippen molar-refractivity contribution in [3.63, 3.8) is 0 Å². The van der Waals surface area contributed by atoms with Crippen LogP contribution in [0.15, 0.2) is 54.9 Å². The lowest BCUT2D eigenvalue weighted by molar-refractivity contribution is 0.0500. The van der Waals surface area contributed by atoms with Gasteiger partial charge in [-0.05, 0) is 56.9 Å². The van der Waals surface area contributed by atoms with Crippen LogP contribution in [0.3, 0.4) is 0 Å². The molecule has 5 rings (SSSR count). The fourth-order valence-electron chi connectivity index (χ4n) is 4.67. The first-order valence-corrected chi connectivity index (χ1v) is 11.9. The summed E-state index contributed by atoms with van der Waals surface area (Å²) in [5, 5.41) is 7.49. The molecule has 3 N–H and O–H groups in total. The monoisotopic (exact) mass is 480 g/mol. The van der Waals surface area contributed by atoms with Crippen LogP contribution >= 0.6 is 0 Å². The molecule has 2 atom stereocenters. The van der Waals surface area contributed by atoms with Crippen molar-refractivity contribution in [1.82, 2.24) is 20.3 Å². The van der Waals surface area contributed by atoms with Gasteiger partial charge < -0.3 is 20.4 Å². The molecule has 36 heavy (non-hydrogen) atoms. The summed E-state index contributed by atoms with van der Waals surface area (Å²) in [4.78, 5) is 28.8. The molecule has 0 fully saturated rings. The van der Waals surface area contributed by atoms with Gasteiger partial charge >= 0.3 is 6.09 Å². The molecule has 2 aromatic heterocycles. The second-order valence-electron chi connectivity index (χ2n) is 10.0. The Kier molecular flexibility index (Phi) is 5.84. The number of aromatic nitrogens is 3. The average Bonchev–Trinajstić information content (AvgIpc) is 3.40. The molecule has 2 aromatic carbocycles. The van der Waals surface area contributed by atoms with Crippen molar-refractivity contribution >= 4 is 28.6 Å². The third kappa shape index (κ3) is 4.60. The standard InChI is InChI=1S/C28H28N6O2/c1-16-14-31-26(33-24(16)21-15-30-22-13-18(29-5)10-11-20(21)22)32-23-12-17-8-6-7-9-19(17)25(23)34-27(35)36-28(2,3)4/h6-11,13-15,23,25,30H,12H2,1-4H3,(H,34,35)(H,31,32,33)/t23-,25-/m0/s1. The first-order chi connectivity index (χ1) is 17.2. The highest BCUT2D eigenvalue weighted by Gasteiger charge is 2.35. The van der Waals surface area contributed by atoms with Crippen LogP contribution in [0.1, 0.15) is 43.5 Å². The van der Waals surface area contributed by atoms with Crippen molar-refractivity contribution < 1.29 is 9.53 Å². The van der Waals surface area contributed by atoms with Crippen molar-refractivity contribution in [2.45, 2.75) is 51.8 Å².